The van der Waals surface area contributed by atoms with Crippen molar-refractivity contribution in [2.45, 2.75) is 103 Å². The van der Waals surface area contributed by atoms with E-state index in [2.05, 4.69) is 44.7 Å². The van der Waals surface area contributed by atoms with Gasteiger partial charge < -0.3 is 15.1 Å². The molecule has 39 heavy (non-hydrogen) atoms. The fraction of sp³-hybridized carbons (Fsp3) is 0.733. The summed E-state index contributed by atoms with van der Waals surface area (Å²) in [5, 5.41) is 21.5. The molecule has 0 aromatic carbocycles. The summed E-state index contributed by atoms with van der Waals surface area (Å²) >= 11 is 27.1. The molecule has 4 rings (SSSR count). The van der Waals surface area contributed by atoms with Crippen molar-refractivity contribution < 1.29 is 10.2 Å². The normalized spacial score (nSPS) is 27.3. The molecule has 2 saturated heterocycles. The zero-order valence-electron chi connectivity index (χ0n) is 23.6. The molecule has 9 heteroatoms. The van der Waals surface area contributed by atoms with Crippen molar-refractivity contribution in [3.63, 3.8) is 0 Å². The Labute approximate surface area is 265 Å². The highest BCUT2D eigenvalue weighted by Gasteiger charge is 2.43. The predicted octanol–water partition coefficient (Wildman–Crippen LogP) is 7.86. The van der Waals surface area contributed by atoms with Gasteiger partial charge >= 0.3 is 0 Å². The van der Waals surface area contributed by atoms with Crippen LogP contribution < -0.4 is 0 Å². The molecule has 1 aliphatic carbocycles. The molecule has 0 spiro atoms. The summed E-state index contributed by atoms with van der Waals surface area (Å²) in [7, 11) is 0. The van der Waals surface area contributed by atoms with Crippen molar-refractivity contribution in [2.75, 3.05) is 11.5 Å². The largest absolute Gasteiger partial charge is 0.393 e. The average Bonchev–Trinajstić information content (AvgIpc) is 3.51. The van der Waals surface area contributed by atoms with E-state index in [-0.39, 0.29) is 23.0 Å². The number of allylic oxidation sites excluding steroid dienone is 2. The zero-order chi connectivity index (χ0) is 28.5. The fourth-order valence-corrected chi connectivity index (χ4v) is 11.7. The van der Waals surface area contributed by atoms with Gasteiger partial charge in [-0.05, 0) is 111 Å². The van der Waals surface area contributed by atoms with Crippen LogP contribution in [0.25, 0.3) is 0 Å². The number of hydrogen-bond acceptors (Lipinski definition) is 8. The minimum absolute atomic E-state index is 0.0712. The zero-order valence-corrected chi connectivity index (χ0v) is 28.5. The van der Waals surface area contributed by atoms with E-state index in [4.69, 9.17) is 48.9 Å². The van der Waals surface area contributed by atoms with Crippen LogP contribution in [-0.2, 0) is 0 Å². The van der Waals surface area contributed by atoms with Crippen LogP contribution in [0.15, 0.2) is 22.0 Å². The molecule has 0 bridgehead atoms. The SMILES string of the molecule is CC(C)(CCC(O)CCCC(O)CCC(C)(C)N1C(=S)C=C2SCCC2C1=S)C1C(=S)C=C2SCCC2C1=S. The Morgan fingerprint density at radius 2 is 1.41 bits per heavy atom. The molecule has 0 aromatic rings. The number of fused-ring (bicyclic) bond motifs is 2. The smallest absolute Gasteiger partial charge is 0.108 e. The highest BCUT2D eigenvalue weighted by molar-refractivity contribution is 8.03. The van der Waals surface area contributed by atoms with E-state index in [1.165, 1.54) is 9.81 Å². The summed E-state index contributed by atoms with van der Waals surface area (Å²) in [6.07, 6.45) is 11.1. The topological polar surface area (TPSA) is 43.7 Å². The Balaban J connectivity index is 1.19. The molecule has 0 saturated carbocycles. The number of rotatable bonds is 12. The van der Waals surface area contributed by atoms with Crippen LogP contribution in [0.5, 0.6) is 0 Å². The summed E-state index contributed by atoms with van der Waals surface area (Å²) in [6, 6.07) is 0. The van der Waals surface area contributed by atoms with Crippen LogP contribution in [-0.4, -0.2) is 64.1 Å². The molecule has 2 fully saturated rings. The lowest BCUT2D eigenvalue weighted by Crippen LogP contribution is -2.53. The molecule has 3 aliphatic heterocycles. The molecule has 216 valence electrons. The highest BCUT2D eigenvalue weighted by atomic mass is 32.2. The second-order valence-electron chi connectivity index (χ2n) is 12.8. The van der Waals surface area contributed by atoms with Crippen molar-refractivity contribution in [3.05, 3.63) is 22.0 Å². The summed E-state index contributed by atoms with van der Waals surface area (Å²) in [5.74, 6) is 3.09. The first kappa shape index (κ1) is 32.2. The fourth-order valence-electron chi connectivity index (χ4n) is 6.46. The third-order valence-electron chi connectivity index (χ3n) is 8.91. The number of nitrogens with zero attached hydrogens (tertiary/aromatic N) is 1. The minimum Gasteiger partial charge on any atom is -0.393 e. The second kappa shape index (κ2) is 13.3. The van der Waals surface area contributed by atoms with Crippen molar-refractivity contribution in [1.29, 1.82) is 0 Å². The first-order valence-corrected chi connectivity index (χ1v) is 17.9. The monoisotopic (exact) mass is 641 g/mol. The first-order chi connectivity index (χ1) is 18.3. The molecule has 2 N–H and O–H groups in total. The van der Waals surface area contributed by atoms with E-state index < -0.39 is 6.10 Å². The van der Waals surface area contributed by atoms with Gasteiger partial charge in [-0.3, -0.25) is 0 Å². The van der Waals surface area contributed by atoms with Gasteiger partial charge in [-0.25, -0.2) is 0 Å². The van der Waals surface area contributed by atoms with Crippen LogP contribution in [0.4, 0.5) is 0 Å². The molecule has 5 unspecified atom stereocenters. The van der Waals surface area contributed by atoms with Gasteiger partial charge in [-0.2, -0.15) is 0 Å². The van der Waals surface area contributed by atoms with E-state index in [9.17, 15) is 10.2 Å². The predicted molar refractivity (Wildman–Crippen MR) is 185 cm³/mol. The van der Waals surface area contributed by atoms with Gasteiger partial charge in [0.1, 0.15) is 4.99 Å². The Hall–Kier alpha value is 0.260. The number of aliphatic hydroxyl groups is 2. The van der Waals surface area contributed by atoms with Gasteiger partial charge in [0, 0.05) is 33.0 Å². The standard InChI is InChI=1S/C30H43NO2S6/c1-29(2,26-22(34)16-23-20(27(26)36)10-14-38-23)12-8-18(32)6-5-7-19(33)9-13-30(3,4)31-25(35)17-24-21(28(31)37)11-15-39-24/h16-21,26,32-33H,5-15H2,1-4H3. The maximum absolute atomic E-state index is 10.8. The van der Waals surface area contributed by atoms with E-state index in [0.717, 1.165) is 69.7 Å². The summed E-state index contributed by atoms with van der Waals surface area (Å²) < 4.78 is 0. The lowest BCUT2D eigenvalue weighted by Gasteiger charge is -2.44. The van der Waals surface area contributed by atoms with Crippen molar-refractivity contribution >= 4 is 92.1 Å². The quantitative estimate of drug-likeness (QED) is 0.207. The van der Waals surface area contributed by atoms with Crippen LogP contribution in [0.2, 0.25) is 0 Å². The van der Waals surface area contributed by atoms with E-state index >= 15 is 0 Å². The molecule has 3 heterocycles. The van der Waals surface area contributed by atoms with Crippen molar-refractivity contribution in [1.82, 2.24) is 4.90 Å². The van der Waals surface area contributed by atoms with E-state index in [1.54, 1.807) is 0 Å². The lowest BCUT2D eigenvalue weighted by atomic mass is 9.67. The molecule has 3 nitrogen and oxygen atoms in total. The first-order valence-electron chi connectivity index (χ1n) is 14.3. The Morgan fingerprint density at radius 1 is 0.846 bits per heavy atom. The third kappa shape index (κ3) is 7.43. The maximum atomic E-state index is 10.8. The van der Waals surface area contributed by atoms with Crippen LogP contribution in [0.1, 0.15) is 85.5 Å². The van der Waals surface area contributed by atoms with Gasteiger partial charge in [0.15, 0.2) is 0 Å². The molecule has 0 amide bonds. The number of thioether (sulfide) groups is 2. The molecular weight excluding hydrogens is 599 g/mol. The Morgan fingerprint density at radius 3 is 2.05 bits per heavy atom. The molecular formula is C30H43NO2S6. The summed E-state index contributed by atoms with van der Waals surface area (Å²) in [4.78, 5) is 8.66. The van der Waals surface area contributed by atoms with Crippen LogP contribution in [0, 0.1) is 23.2 Å². The minimum atomic E-state index is -0.393. The maximum Gasteiger partial charge on any atom is 0.108 e. The molecule has 4 aliphatic rings. The van der Waals surface area contributed by atoms with Gasteiger partial charge in [-0.1, -0.05) is 62.7 Å². The van der Waals surface area contributed by atoms with Crippen molar-refractivity contribution in [3.8, 4) is 0 Å². The van der Waals surface area contributed by atoms with E-state index in [0.29, 0.717) is 31.1 Å². The third-order valence-corrected chi connectivity index (χ3v) is 12.9. The average molecular weight is 642 g/mol. The van der Waals surface area contributed by atoms with Crippen molar-refractivity contribution in [2.24, 2.45) is 23.2 Å². The van der Waals surface area contributed by atoms with E-state index in [1.807, 2.05) is 23.5 Å². The molecule has 0 radical (unpaired) electrons. The van der Waals surface area contributed by atoms with Gasteiger partial charge in [-0.15, -0.1) is 23.5 Å². The molecule has 0 aromatic heterocycles. The van der Waals surface area contributed by atoms with Gasteiger partial charge in [0.05, 0.1) is 17.2 Å². The highest BCUT2D eigenvalue weighted by Crippen LogP contribution is 2.48. The molecule has 5 atom stereocenters. The summed E-state index contributed by atoms with van der Waals surface area (Å²) in [6.45, 7) is 8.85. The summed E-state index contributed by atoms with van der Waals surface area (Å²) in [5.41, 5.74) is -0.304. The second-order valence-corrected chi connectivity index (χ2v) is 17.0. The number of hydrogen-bond donors (Lipinski definition) is 2. The van der Waals surface area contributed by atoms with Crippen LogP contribution in [0.3, 0.4) is 0 Å². The van der Waals surface area contributed by atoms with Gasteiger partial charge in [0.2, 0.25) is 0 Å². The Kier molecular flexibility index (Phi) is 11.0. The van der Waals surface area contributed by atoms with Crippen LogP contribution >= 0.6 is 72.4 Å². The number of aliphatic hydroxyl groups excluding tert-OH is 2. The van der Waals surface area contributed by atoms with Gasteiger partial charge in [0.25, 0.3) is 0 Å². The Bertz CT molecular complexity index is 982. The lowest BCUT2D eigenvalue weighted by molar-refractivity contribution is 0.105. The number of thiocarbonyl (C=S) groups is 4.